The van der Waals surface area contributed by atoms with Gasteiger partial charge in [-0.25, -0.2) is 9.89 Å². The van der Waals surface area contributed by atoms with Crippen LogP contribution in [0.25, 0.3) is 0 Å². The summed E-state index contributed by atoms with van der Waals surface area (Å²) >= 11 is 0. The zero-order valence-electron chi connectivity index (χ0n) is 8.65. The van der Waals surface area contributed by atoms with Crippen LogP contribution < -0.4 is 16.4 Å². The van der Waals surface area contributed by atoms with Crippen molar-refractivity contribution >= 4 is 6.09 Å². The van der Waals surface area contributed by atoms with Gasteiger partial charge in [-0.15, -0.1) is 0 Å². The van der Waals surface area contributed by atoms with Crippen molar-refractivity contribution in [3.8, 4) is 0 Å². The number of nitrogens with one attached hydrogen (secondary N) is 2. The normalized spacial score (nSPS) is 9.81. The first-order chi connectivity index (χ1) is 7.65. The number of H-pyrrole nitrogens is 1. The maximum absolute atomic E-state index is 11.2. The summed E-state index contributed by atoms with van der Waals surface area (Å²) < 4.78 is 5.58. The van der Waals surface area contributed by atoms with E-state index >= 15 is 0 Å². The zero-order chi connectivity index (χ0) is 12.0. The van der Waals surface area contributed by atoms with E-state index in [1.54, 1.807) is 6.92 Å². The molecule has 8 heteroatoms. The maximum atomic E-state index is 11.2. The number of carbonyl (C=O) groups excluding carboxylic acids is 1. The lowest BCUT2D eigenvalue weighted by Gasteiger charge is -2.05. The van der Waals surface area contributed by atoms with Crippen molar-refractivity contribution in [1.29, 1.82) is 0 Å². The largest absolute Gasteiger partial charge is 0.450 e. The fourth-order valence-electron chi connectivity index (χ4n) is 0.955. The average molecular weight is 227 g/mol. The summed E-state index contributed by atoms with van der Waals surface area (Å²) in [5.41, 5.74) is -1.59. The van der Waals surface area contributed by atoms with Crippen LogP contribution in [-0.2, 0) is 11.3 Å². The third kappa shape index (κ3) is 3.23. The average Bonchev–Trinajstić information content (AvgIpc) is 2.25. The quantitative estimate of drug-likeness (QED) is 0.607. The van der Waals surface area contributed by atoms with Gasteiger partial charge in [-0.05, 0) is 6.92 Å². The van der Waals surface area contributed by atoms with Crippen LogP contribution >= 0.6 is 0 Å². The van der Waals surface area contributed by atoms with Gasteiger partial charge < -0.3 is 10.1 Å². The molecule has 87 valence electrons. The van der Waals surface area contributed by atoms with Gasteiger partial charge in [0.15, 0.2) is 0 Å². The van der Waals surface area contributed by atoms with Crippen molar-refractivity contribution < 1.29 is 9.53 Å². The number of alkyl carbamates (subject to hydrolysis) is 1. The number of carbonyl (C=O) groups is 1. The fourth-order valence-corrected chi connectivity index (χ4v) is 0.955. The first-order valence-electron chi connectivity index (χ1n) is 4.63. The molecule has 1 rings (SSSR count). The molecule has 1 aromatic rings. The molecule has 0 atom stereocenters. The van der Waals surface area contributed by atoms with E-state index in [0.29, 0.717) is 0 Å². The van der Waals surface area contributed by atoms with Crippen LogP contribution in [0.15, 0.2) is 9.59 Å². The Hall–Kier alpha value is -2.12. The maximum Gasteiger partial charge on any atom is 0.407 e. The summed E-state index contributed by atoms with van der Waals surface area (Å²) in [5, 5.41) is 7.69. The summed E-state index contributed by atoms with van der Waals surface area (Å²) in [6.07, 6.45) is 1.71. The van der Waals surface area contributed by atoms with Crippen molar-refractivity contribution in [3.63, 3.8) is 0 Å². The minimum atomic E-state index is -0.824. The van der Waals surface area contributed by atoms with E-state index < -0.39 is 17.2 Å². The Morgan fingerprint density at radius 2 is 2.38 bits per heavy atom. The van der Waals surface area contributed by atoms with Gasteiger partial charge in [-0.1, -0.05) is 0 Å². The van der Waals surface area contributed by atoms with E-state index in [-0.39, 0.29) is 19.7 Å². The molecule has 2 N–H and O–H groups in total. The first kappa shape index (κ1) is 12.0. The van der Waals surface area contributed by atoms with Gasteiger partial charge in [-0.2, -0.15) is 5.10 Å². The fraction of sp³-hybridized carbons (Fsp3) is 0.500. The molecule has 0 aliphatic carbocycles. The summed E-state index contributed by atoms with van der Waals surface area (Å²) in [6.45, 7) is 2.21. The number of hydrogen-bond acceptors (Lipinski definition) is 5. The second kappa shape index (κ2) is 5.69. The van der Waals surface area contributed by atoms with Crippen LogP contribution in [-0.4, -0.2) is 34.0 Å². The monoisotopic (exact) mass is 227 g/mol. The second-order valence-electron chi connectivity index (χ2n) is 2.76. The lowest BCUT2D eigenvalue weighted by molar-refractivity contribution is 0.152. The summed E-state index contributed by atoms with van der Waals surface area (Å²) in [7, 11) is 0. The Balaban J connectivity index is 2.50. The lowest BCUT2D eigenvalue weighted by Crippen LogP contribution is -2.39. The van der Waals surface area contributed by atoms with Crippen LogP contribution in [0.5, 0.6) is 0 Å². The first-order valence-corrected chi connectivity index (χ1v) is 4.63. The molecule has 16 heavy (non-hydrogen) atoms. The van der Waals surface area contributed by atoms with Crippen molar-refractivity contribution in [3.05, 3.63) is 27.0 Å². The number of amides is 1. The van der Waals surface area contributed by atoms with E-state index in [9.17, 15) is 14.4 Å². The number of aromatic amines is 1. The predicted molar refractivity (Wildman–Crippen MR) is 53.0 cm³/mol. The predicted octanol–water partition coefficient (Wildman–Crippen LogP) is -1.52. The number of aromatic nitrogens is 3. The van der Waals surface area contributed by atoms with Crippen LogP contribution in [0.1, 0.15) is 6.92 Å². The van der Waals surface area contributed by atoms with Crippen LogP contribution in [0.2, 0.25) is 0 Å². The van der Waals surface area contributed by atoms with Gasteiger partial charge in [0.25, 0.3) is 0 Å². The Morgan fingerprint density at radius 1 is 1.62 bits per heavy atom. The molecule has 0 aromatic carbocycles. The molecule has 0 aliphatic heterocycles. The highest BCUT2D eigenvalue weighted by atomic mass is 16.5. The number of ether oxygens (including phenoxy) is 1. The van der Waals surface area contributed by atoms with E-state index in [4.69, 9.17) is 0 Å². The lowest BCUT2D eigenvalue weighted by atomic mass is 10.6. The van der Waals surface area contributed by atoms with E-state index in [1.165, 1.54) is 0 Å². The van der Waals surface area contributed by atoms with Gasteiger partial charge in [-0.3, -0.25) is 14.2 Å². The Bertz CT molecular complexity index is 464. The van der Waals surface area contributed by atoms with Crippen molar-refractivity contribution in [2.45, 2.75) is 13.5 Å². The van der Waals surface area contributed by atoms with E-state index in [0.717, 1.165) is 4.57 Å². The third-order valence-corrected chi connectivity index (χ3v) is 1.65. The Kier molecular flexibility index (Phi) is 4.25. The molecular weight excluding hydrogens is 216 g/mol. The van der Waals surface area contributed by atoms with Crippen molar-refractivity contribution in [2.75, 3.05) is 13.2 Å². The van der Waals surface area contributed by atoms with Gasteiger partial charge in [0.2, 0.25) is 6.33 Å². The van der Waals surface area contributed by atoms with Gasteiger partial charge in [0, 0.05) is 13.1 Å². The second-order valence-corrected chi connectivity index (χ2v) is 2.76. The molecule has 0 saturated heterocycles. The molecule has 0 unspecified atom stereocenters. The number of rotatable bonds is 4. The summed E-state index contributed by atoms with van der Waals surface area (Å²) in [4.78, 5) is 32.9. The van der Waals surface area contributed by atoms with Crippen LogP contribution in [0, 0.1) is 6.33 Å². The SMILES string of the molecule is CCOC(=O)NCCn1[c]n[nH]c(=O)c1=O. The van der Waals surface area contributed by atoms with Crippen LogP contribution in [0.4, 0.5) is 4.79 Å². The minimum Gasteiger partial charge on any atom is -0.450 e. The highest BCUT2D eigenvalue weighted by Gasteiger charge is 2.02. The van der Waals surface area contributed by atoms with Gasteiger partial charge in [0.05, 0.1) is 6.61 Å². The van der Waals surface area contributed by atoms with Crippen molar-refractivity contribution in [2.24, 2.45) is 0 Å². The number of nitrogens with zero attached hydrogens (tertiary/aromatic N) is 2. The molecule has 0 saturated carbocycles. The highest BCUT2D eigenvalue weighted by molar-refractivity contribution is 5.66. The molecule has 1 heterocycles. The molecule has 1 radical (unpaired) electrons. The standard InChI is InChI=1S/C8H11N4O4/c1-2-16-8(15)9-3-4-12-5-10-11-6(13)7(12)14/h2-4H2,1H3,(H,9,15)(H,11,13). The number of hydrogen-bond donors (Lipinski definition) is 2. The topological polar surface area (TPSA) is 106 Å². The highest BCUT2D eigenvalue weighted by Crippen LogP contribution is 1.77. The molecule has 8 nitrogen and oxygen atoms in total. The van der Waals surface area contributed by atoms with Gasteiger partial charge in [0.1, 0.15) is 0 Å². The van der Waals surface area contributed by atoms with Gasteiger partial charge >= 0.3 is 17.2 Å². The summed E-state index contributed by atoms with van der Waals surface area (Å²) in [5.74, 6) is 0. The molecule has 0 aliphatic rings. The van der Waals surface area contributed by atoms with E-state index in [1.807, 2.05) is 5.10 Å². The molecule has 0 bridgehead atoms. The molecule has 0 spiro atoms. The Labute approximate surface area is 90.2 Å². The molecule has 0 fully saturated rings. The Morgan fingerprint density at radius 3 is 3.06 bits per heavy atom. The minimum absolute atomic E-state index is 0.106. The smallest absolute Gasteiger partial charge is 0.407 e. The third-order valence-electron chi connectivity index (χ3n) is 1.65. The zero-order valence-corrected chi connectivity index (χ0v) is 8.65. The molecular formula is C8H11N4O4. The molecule has 1 aromatic heterocycles. The van der Waals surface area contributed by atoms with E-state index in [2.05, 4.69) is 21.5 Å². The molecule has 1 amide bonds. The van der Waals surface area contributed by atoms with Crippen molar-refractivity contribution in [1.82, 2.24) is 20.1 Å². The summed E-state index contributed by atoms with van der Waals surface area (Å²) in [6, 6.07) is 0. The van der Waals surface area contributed by atoms with Crippen LogP contribution in [0.3, 0.4) is 0 Å².